The highest BCUT2D eigenvalue weighted by Gasteiger charge is 2.09. The van der Waals surface area contributed by atoms with Gasteiger partial charge in [0.2, 0.25) is 5.91 Å². The lowest BCUT2D eigenvalue weighted by molar-refractivity contribution is -0.118. The second kappa shape index (κ2) is 9.08. The van der Waals surface area contributed by atoms with E-state index in [9.17, 15) is 9.59 Å². The molecule has 0 spiro atoms. The van der Waals surface area contributed by atoms with E-state index in [1.54, 1.807) is 30.3 Å². The molecule has 2 aromatic carbocycles. The second-order valence-corrected chi connectivity index (χ2v) is 6.05. The van der Waals surface area contributed by atoms with Gasteiger partial charge in [-0.1, -0.05) is 36.2 Å². The Hall–Kier alpha value is -2.53. The van der Waals surface area contributed by atoms with E-state index in [0.29, 0.717) is 28.6 Å². The highest BCUT2D eigenvalue weighted by molar-refractivity contribution is 6.33. The van der Waals surface area contributed by atoms with Crippen molar-refractivity contribution in [2.45, 2.75) is 26.7 Å². The molecule has 0 aromatic heterocycles. The van der Waals surface area contributed by atoms with E-state index >= 15 is 0 Å². The van der Waals surface area contributed by atoms with Gasteiger partial charge in [-0.3, -0.25) is 9.59 Å². The number of aryl methyl sites for hydroxylation is 1. The number of rotatable bonds is 7. The third kappa shape index (κ3) is 6.12. The molecule has 0 fully saturated rings. The van der Waals surface area contributed by atoms with E-state index in [-0.39, 0.29) is 18.4 Å². The summed E-state index contributed by atoms with van der Waals surface area (Å²) in [5.41, 5.74) is 2.12. The quantitative estimate of drug-likeness (QED) is 0.768. The first-order valence-electron chi connectivity index (χ1n) is 8.06. The van der Waals surface area contributed by atoms with Gasteiger partial charge in [-0.2, -0.15) is 0 Å². The van der Waals surface area contributed by atoms with Gasteiger partial charge in [0.25, 0.3) is 5.91 Å². The van der Waals surface area contributed by atoms with Gasteiger partial charge in [0.15, 0.2) is 6.61 Å². The van der Waals surface area contributed by atoms with Gasteiger partial charge in [-0.25, -0.2) is 0 Å². The molecular formula is C19H21ClN2O3. The summed E-state index contributed by atoms with van der Waals surface area (Å²) in [7, 11) is 0. The van der Waals surface area contributed by atoms with Gasteiger partial charge in [0.05, 0.1) is 10.7 Å². The largest absolute Gasteiger partial charge is 0.484 e. The van der Waals surface area contributed by atoms with Crippen LogP contribution < -0.4 is 15.4 Å². The van der Waals surface area contributed by atoms with E-state index in [4.69, 9.17) is 16.3 Å². The zero-order valence-corrected chi connectivity index (χ0v) is 15.0. The topological polar surface area (TPSA) is 67.4 Å². The molecule has 0 aliphatic rings. The van der Waals surface area contributed by atoms with Crippen molar-refractivity contribution in [3.63, 3.8) is 0 Å². The Morgan fingerprint density at radius 2 is 1.76 bits per heavy atom. The van der Waals surface area contributed by atoms with Crippen molar-refractivity contribution in [1.82, 2.24) is 0 Å². The molecule has 0 saturated carbocycles. The highest BCUT2D eigenvalue weighted by Crippen LogP contribution is 2.25. The molecule has 0 aliphatic carbocycles. The summed E-state index contributed by atoms with van der Waals surface area (Å²) in [5, 5.41) is 5.84. The fourth-order valence-corrected chi connectivity index (χ4v) is 2.28. The molecule has 2 N–H and O–H groups in total. The van der Waals surface area contributed by atoms with E-state index in [1.165, 1.54) is 0 Å². The first-order valence-corrected chi connectivity index (χ1v) is 8.44. The zero-order valence-electron chi connectivity index (χ0n) is 14.3. The lowest BCUT2D eigenvalue weighted by atomic mass is 10.2. The molecule has 0 bridgehead atoms. The van der Waals surface area contributed by atoms with Crippen LogP contribution in [0, 0.1) is 6.92 Å². The number of halogens is 1. The molecule has 0 heterocycles. The number of amides is 2. The molecule has 5 nitrogen and oxygen atoms in total. The Bertz CT molecular complexity index is 745. The Morgan fingerprint density at radius 3 is 2.44 bits per heavy atom. The smallest absolute Gasteiger partial charge is 0.262 e. The van der Waals surface area contributed by atoms with Crippen LogP contribution in [0.2, 0.25) is 5.02 Å². The van der Waals surface area contributed by atoms with Crippen molar-refractivity contribution in [3.05, 3.63) is 53.1 Å². The molecule has 0 aliphatic heterocycles. The molecule has 25 heavy (non-hydrogen) atoms. The predicted octanol–water partition coefficient (Wildman–Crippen LogP) is 4.40. The van der Waals surface area contributed by atoms with Crippen LogP contribution in [0.1, 0.15) is 25.3 Å². The molecule has 0 atom stereocenters. The summed E-state index contributed by atoms with van der Waals surface area (Å²) in [6, 6.07) is 12.4. The van der Waals surface area contributed by atoms with Gasteiger partial charge < -0.3 is 15.4 Å². The molecule has 0 radical (unpaired) electrons. The summed E-state index contributed by atoms with van der Waals surface area (Å²) in [5.74, 6) is 0.205. The first-order chi connectivity index (χ1) is 12.0. The molecule has 2 rings (SSSR count). The third-order valence-corrected chi connectivity index (χ3v) is 3.72. The number of nitrogens with one attached hydrogen (secondary N) is 2. The fraction of sp³-hybridized carbons (Fsp3) is 0.263. The minimum Gasteiger partial charge on any atom is -0.484 e. The molecule has 0 saturated heterocycles. The maximum Gasteiger partial charge on any atom is 0.262 e. The van der Waals surface area contributed by atoms with Crippen LogP contribution in [0.3, 0.4) is 0 Å². The van der Waals surface area contributed by atoms with Crippen LogP contribution in [0.5, 0.6) is 5.75 Å². The summed E-state index contributed by atoms with van der Waals surface area (Å²) >= 11 is 6.10. The van der Waals surface area contributed by atoms with Crippen LogP contribution in [-0.4, -0.2) is 18.4 Å². The Balaban J connectivity index is 1.94. The number of anilines is 2. The van der Waals surface area contributed by atoms with Crippen molar-refractivity contribution in [1.29, 1.82) is 0 Å². The Labute approximate surface area is 152 Å². The average molecular weight is 361 g/mol. The molecule has 132 valence electrons. The van der Waals surface area contributed by atoms with E-state index < -0.39 is 0 Å². The number of hydrogen-bond donors (Lipinski definition) is 2. The van der Waals surface area contributed by atoms with Crippen LogP contribution in [0.15, 0.2) is 42.5 Å². The Kier molecular flexibility index (Phi) is 6.83. The Morgan fingerprint density at radius 1 is 1.04 bits per heavy atom. The monoisotopic (exact) mass is 360 g/mol. The SMILES string of the molecule is CCCC(=O)Nc1ccc(Cl)c(NC(=O)COc2ccc(C)cc2)c1. The maximum atomic E-state index is 12.1. The van der Waals surface area contributed by atoms with Crippen LogP contribution >= 0.6 is 11.6 Å². The third-order valence-electron chi connectivity index (χ3n) is 3.39. The fourth-order valence-electron chi connectivity index (χ4n) is 2.12. The van der Waals surface area contributed by atoms with Crippen LogP contribution in [0.25, 0.3) is 0 Å². The second-order valence-electron chi connectivity index (χ2n) is 5.64. The van der Waals surface area contributed by atoms with Crippen molar-refractivity contribution in [2.75, 3.05) is 17.2 Å². The van der Waals surface area contributed by atoms with Gasteiger partial charge >= 0.3 is 0 Å². The summed E-state index contributed by atoms with van der Waals surface area (Å²) in [6.45, 7) is 3.78. The van der Waals surface area contributed by atoms with Crippen molar-refractivity contribution >= 4 is 34.8 Å². The first kappa shape index (κ1) is 18.8. The van der Waals surface area contributed by atoms with Crippen molar-refractivity contribution < 1.29 is 14.3 Å². The van der Waals surface area contributed by atoms with Gasteiger partial charge in [-0.15, -0.1) is 0 Å². The normalized spacial score (nSPS) is 10.2. The molecule has 0 unspecified atom stereocenters. The zero-order chi connectivity index (χ0) is 18.2. The van der Waals surface area contributed by atoms with Crippen molar-refractivity contribution in [3.8, 4) is 5.75 Å². The minimum atomic E-state index is -0.334. The standard InChI is InChI=1S/C19H21ClN2O3/c1-3-4-18(23)21-14-7-10-16(20)17(11-14)22-19(24)12-25-15-8-5-13(2)6-9-15/h5-11H,3-4,12H2,1-2H3,(H,21,23)(H,22,24). The molecule has 2 aromatic rings. The van der Waals surface area contributed by atoms with Crippen LogP contribution in [-0.2, 0) is 9.59 Å². The highest BCUT2D eigenvalue weighted by atomic mass is 35.5. The lowest BCUT2D eigenvalue weighted by Crippen LogP contribution is -2.20. The number of hydrogen-bond acceptors (Lipinski definition) is 3. The molecular weight excluding hydrogens is 340 g/mol. The van der Waals surface area contributed by atoms with E-state index in [0.717, 1.165) is 12.0 Å². The number of carbonyl (C=O) groups is 2. The van der Waals surface area contributed by atoms with Gasteiger partial charge in [0, 0.05) is 12.1 Å². The van der Waals surface area contributed by atoms with Gasteiger partial charge in [0.1, 0.15) is 5.75 Å². The minimum absolute atomic E-state index is 0.0789. The molecule has 6 heteroatoms. The van der Waals surface area contributed by atoms with Crippen LogP contribution in [0.4, 0.5) is 11.4 Å². The summed E-state index contributed by atoms with van der Waals surface area (Å²) in [4.78, 5) is 23.7. The maximum absolute atomic E-state index is 12.1. The predicted molar refractivity (Wildman–Crippen MR) is 100 cm³/mol. The van der Waals surface area contributed by atoms with Gasteiger partial charge in [-0.05, 0) is 43.7 Å². The summed E-state index contributed by atoms with van der Waals surface area (Å²) < 4.78 is 5.44. The number of carbonyl (C=O) groups excluding carboxylic acids is 2. The van der Waals surface area contributed by atoms with E-state index in [1.807, 2.05) is 26.0 Å². The lowest BCUT2D eigenvalue weighted by Gasteiger charge is -2.11. The summed E-state index contributed by atoms with van der Waals surface area (Å²) in [6.07, 6.45) is 1.20. The average Bonchev–Trinajstić information content (AvgIpc) is 2.57. The number of ether oxygens (including phenoxy) is 1. The number of benzene rings is 2. The van der Waals surface area contributed by atoms with E-state index in [2.05, 4.69) is 10.6 Å². The molecule has 2 amide bonds. The van der Waals surface area contributed by atoms with Crippen molar-refractivity contribution in [2.24, 2.45) is 0 Å².